The maximum atomic E-state index is 12.4. The van der Waals surface area contributed by atoms with Crippen molar-refractivity contribution in [1.82, 2.24) is 4.98 Å². The first-order chi connectivity index (χ1) is 11.7. The molecule has 0 radical (unpaired) electrons. The number of thioether (sulfide) groups is 1. The number of aromatic nitrogens is 1. The summed E-state index contributed by atoms with van der Waals surface area (Å²) in [6, 6.07) is 15.2. The quantitative estimate of drug-likeness (QED) is 0.506. The van der Waals surface area contributed by atoms with Crippen LogP contribution in [-0.2, 0) is 0 Å². The highest BCUT2D eigenvalue weighted by atomic mass is 32.2. The first-order valence-corrected chi connectivity index (χ1v) is 8.70. The lowest BCUT2D eigenvalue weighted by Gasteiger charge is -2.09. The number of aromatic amines is 1. The van der Waals surface area contributed by atoms with Crippen molar-refractivity contribution >= 4 is 34.1 Å². The van der Waals surface area contributed by atoms with Crippen LogP contribution >= 0.6 is 11.8 Å². The first-order valence-electron chi connectivity index (χ1n) is 7.48. The zero-order valence-electron chi connectivity index (χ0n) is 13.5. The molecule has 5 heteroatoms. The highest BCUT2D eigenvalue weighted by Crippen LogP contribution is 2.22. The Kier molecular flexibility index (Phi) is 4.91. The predicted molar refractivity (Wildman–Crippen MR) is 101 cm³/mol. The Labute approximate surface area is 144 Å². The van der Waals surface area contributed by atoms with Gasteiger partial charge in [-0.2, -0.15) is 0 Å². The van der Waals surface area contributed by atoms with Crippen molar-refractivity contribution in [3.05, 3.63) is 71.4 Å². The van der Waals surface area contributed by atoms with Gasteiger partial charge in [0, 0.05) is 34.4 Å². The van der Waals surface area contributed by atoms with Gasteiger partial charge < -0.3 is 15.0 Å². The normalized spacial score (nSPS) is 11.5. The number of hydrogen-bond acceptors (Lipinski definition) is 4. The third-order valence-corrected chi connectivity index (χ3v) is 4.34. The monoisotopic (exact) mass is 338 g/mol. The van der Waals surface area contributed by atoms with Crippen LogP contribution in [-0.4, -0.2) is 24.1 Å². The van der Waals surface area contributed by atoms with Crippen LogP contribution in [0.1, 0.15) is 10.4 Å². The van der Waals surface area contributed by atoms with E-state index in [1.54, 1.807) is 37.5 Å². The highest BCUT2D eigenvalue weighted by Gasteiger charge is 2.06. The van der Waals surface area contributed by atoms with Gasteiger partial charge in [-0.3, -0.25) is 4.79 Å². The van der Waals surface area contributed by atoms with Crippen LogP contribution in [0.25, 0.3) is 10.9 Å². The molecule has 0 fully saturated rings. The highest BCUT2D eigenvalue weighted by molar-refractivity contribution is 8.02. The number of benzene rings is 2. The van der Waals surface area contributed by atoms with E-state index in [2.05, 4.69) is 10.3 Å². The first kappa shape index (κ1) is 16.2. The largest absolute Gasteiger partial charge is 0.497 e. The molecule has 0 spiro atoms. The van der Waals surface area contributed by atoms with Gasteiger partial charge in [0.1, 0.15) is 5.75 Å². The molecule has 3 rings (SSSR count). The lowest BCUT2D eigenvalue weighted by atomic mass is 10.1. The van der Waals surface area contributed by atoms with Gasteiger partial charge in [0.2, 0.25) is 0 Å². The molecular weight excluding hydrogens is 320 g/mol. The van der Waals surface area contributed by atoms with Crippen molar-refractivity contribution in [2.45, 2.75) is 0 Å². The molecule has 0 amide bonds. The van der Waals surface area contributed by atoms with Gasteiger partial charge in [0.25, 0.3) is 0 Å². The molecule has 0 aliphatic heterocycles. The Balaban J connectivity index is 1.78. The van der Waals surface area contributed by atoms with E-state index in [4.69, 9.17) is 4.74 Å². The number of anilines is 1. The fourth-order valence-electron chi connectivity index (χ4n) is 2.38. The molecule has 0 unspecified atom stereocenters. The summed E-state index contributed by atoms with van der Waals surface area (Å²) in [4.78, 5) is 15.6. The number of allylic oxidation sites excluding steroid dienone is 1. The Bertz CT molecular complexity index is 882. The molecule has 3 aromatic rings. The number of hydrogen-bond donors (Lipinski definition) is 2. The molecule has 0 aliphatic carbocycles. The molecule has 1 heterocycles. The van der Waals surface area contributed by atoms with Crippen molar-refractivity contribution in [1.29, 1.82) is 0 Å². The summed E-state index contributed by atoms with van der Waals surface area (Å²) in [5.41, 5.74) is 2.67. The van der Waals surface area contributed by atoms with Crippen LogP contribution in [0.15, 0.2) is 65.8 Å². The van der Waals surface area contributed by atoms with Crippen molar-refractivity contribution < 1.29 is 9.53 Å². The summed E-state index contributed by atoms with van der Waals surface area (Å²) >= 11 is 1.50. The number of methoxy groups -OCH3 is 1. The number of carbonyl (C=O) groups excluding carboxylic acids is 1. The molecule has 0 aliphatic rings. The molecule has 2 aromatic carbocycles. The maximum absolute atomic E-state index is 12.4. The van der Waals surface area contributed by atoms with Crippen LogP contribution in [0.5, 0.6) is 5.75 Å². The molecule has 0 atom stereocenters. The molecule has 122 valence electrons. The Morgan fingerprint density at radius 3 is 2.67 bits per heavy atom. The van der Waals surface area contributed by atoms with E-state index in [9.17, 15) is 4.79 Å². The van der Waals surface area contributed by atoms with Gasteiger partial charge in [-0.05, 0) is 54.8 Å². The lowest BCUT2D eigenvalue weighted by molar-refractivity contribution is 0.104. The number of ketones is 1. The number of fused-ring (bicyclic) bond motifs is 1. The van der Waals surface area contributed by atoms with Gasteiger partial charge in [-0.1, -0.05) is 0 Å². The average Bonchev–Trinajstić information content (AvgIpc) is 3.08. The Hall–Kier alpha value is -2.66. The minimum atomic E-state index is -0.0442. The van der Waals surface area contributed by atoms with E-state index < -0.39 is 0 Å². The van der Waals surface area contributed by atoms with Crippen molar-refractivity contribution in [2.24, 2.45) is 0 Å². The van der Waals surface area contributed by atoms with E-state index in [0.29, 0.717) is 5.56 Å². The molecule has 0 bridgehead atoms. The second-order valence-electron chi connectivity index (χ2n) is 5.21. The summed E-state index contributed by atoms with van der Waals surface area (Å²) in [6.45, 7) is 0. The molecule has 0 saturated carbocycles. The van der Waals surface area contributed by atoms with Gasteiger partial charge in [0.15, 0.2) is 5.78 Å². The van der Waals surface area contributed by atoms with E-state index in [1.165, 1.54) is 11.8 Å². The van der Waals surface area contributed by atoms with Crippen LogP contribution < -0.4 is 10.1 Å². The fourth-order valence-corrected chi connectivity index (χ4v) is 2.82. The van der Waals surface area contributed by atoms with Gasteiger partial charge in [-0.25, -0.2) is 0 Å². The van der Waals surface area contributed by atoms with E-state index in [-0.39, 0.29) is 5.78 Å². The minimum absolute atomic E-state index is 0.0442. The van der Waals surface area contributed by atoms with Gasteiger partial charge in [-0.15, -0.1) is 11.8 Å². The lowest BCUT2D eigenvalue weighted by Crippen LogP contribution is -2.01. The number of carbonyl (C=O) groups is 1. The van der Waals surface area contributed by atoms with Crippen molar-refractivity contribution in [2.75, 3.05) is 18.7 Å². The summed E-state index contributed by atoms with van der Waals surface area (Å²) < 4.78 is 5.11. The average molecular weight is 338 g/mol. The molecule has 0 saturated heterocycles. The maximum Gasteiger partial charge on any atom is 0.188 e. The van der Waals surface area contributed by atoms with E-state index in [0.717, 1.165) is 27.4 Å². The summed E-state index contributed by atoms with van der Waals surface area (Å²) in [5, 5.41) is 5.22. The van der Waals surface area contributed by atoms with Gasteiger partial charge >= 0.3 is 0 Å². The Morgan fingerprint density at radius 2 is 1.96 bits per heavy atom. The number of nitrogens with one attached hydrogen (secondary N) is 2. The topological polar surface area (TPSA) is 54.1 Å². The molecule has 24 heavy (non-hydrogen) atoms. The summed E-state index contributed by atoms with van der Waals surface area (Å²) in [6.07, 6.45) is 5.47. The van der Waals surface area contributed by atoms with Crippen LogP contribution in [0.3, 0.4) is 0 Å². The number of H-pyrrole nitrogens is 1. The Morgan fingerprint density at radius 1 is 1.17 bits per heavy atom. The summed E-state index contributed by atoms with van der Waals surface area (Å²) in [7, 11) is 1.60. The predicted octanol–water partition coefficient (Wildman–Crippen LogP) is 4.68. The standard InChI is InChI=1S/C19H18N2O2S/c1-23-16-6-3-13(4-7-16)18(22)12-19(24-2)21-15-5-8-17-14(11-15)9-10-20-17/h3-12,20-21H,1-2H3/b19-12-. The van der Waals surface area contributed by atoms with Crippen LogP contribution in [0.4, 0.5) is 5.69 Å². The molecular formula is C19H18N2O2S. The van der Waals surface area contributed by atoms with E-state index >= 15 is 0 Å². The third-order valence-electron chi connectivity index (χ3n) is 3.68. The molecule has 4 nitrogen and oxygen atoms in total. The van der Waals surface area contributed by atoms with Crippen molar-refractivity contribution in [3.8, 4) is 5.75 Å². The second kappa shape index (κ2) is 7.27. The van der Waals surface area contributed by atoms with Gasteiger partial charge in [0.05, 0.1) is 12.1 Å². The number of rotatable bonds is 6. The minimum Gasteiger partial charge on any atom is -0.497 e. The van der Waals surface area contributed by atoms with E-state index in [1.807, 2.05) is 36.7 Å². The van der Waals surface area contributed by atoms with Crippen LogP contribution in [0, 0.1) is 0 Å². The molecule has 1 aromatic heterocycles. The van der Waals surface area contributed by atoms with Crippen molar-refractivity contribution in [3.63, 3.8) is 0 Å². The SMILES string of the molecule is COc1ccc(C(=O)/C=C(/Nc2ccc3[nH]ccc3c2)SC)cc1. The molecule has 2 N–H and O–H groups in total. The fraction of sp³-hybridized carbons (Fsp3) is 0.105. The zero-order chi connectivity index (χ0) is 16.9. The number of ether oxygens (including phenoxy) is 1. The second-order valence-corrected chi connectivity index (χ2v) is 6.06. The third kappa shape index (κ3) is 3.63. The summed E-state index contributed by atoms with van der Waals surface area (Å²) in [5.74, 6) is 0.691. The zero-order valence-corrected chi connectivity index (χ0v) is 14.3. The van der Waals surface area contributed by atoms with Crippen LogP contribution in [0.2, 0.25) is 0 Å². The smallest absolute Gasteiger partial charge is 0.188 e.